The lowest BCUT2D eigenvalue weighted by Gasteiger charge is -2.13. The predicted molar refractivity (Wildman–Crippen MR) is 126 cm³/mol. The van der Waals surface area contributed by atoms with E-state index < -0.39 is 11.9 Å². The van der Waals surface area contributed by atoms with Crippen LogP contribution in [-0.2, 0) is 0 Å². The van der Waals surface area contributed by atoms with Crippen molar-refractivity contribution >= 4 is 88.3 Å². The fourth-order valence-corrected chi connectivity index (χ4v) is 5.60. The van der Waals surface area contributed by atoms with Gasteiger partial charge in [-0.3, -0.25) is 4.79 Å². The van der Waals surface area contributed by atoms with E-state index in [1.54, 1.807) is 35.7 Å². The highest BCUT2D eigenvalue weighted by Crippen LogP contribution is 2.42. The van der Waals surface area contributed by atoms with E-state index in [4.69, 9.17) is 16.3 Å². The second kappa shape index (κ2) is 9.18. The van der Waals surface area contributed by atoms with Crippen molar-refractivity contribution in [2.24, 2.45) is 0 Å². The molecule has 2 N–H and O–H groups in total. The van der Waals surface area contributed by atoms with Crippen molar-refractivity contribution in [3.05, 3.63) is 65.3 Å². The monoisotopic (exact) mass is 621 g/mol. The normalized spacial score (nSPS) is 10.7. The first kappa shape index (κ1) is 22.3. The standard InChI is InChI=1S/C19H11Br3ClNO4S/c1-28-16-14(21)10(6-11(20)15(16)22)18(25)24-12-7-29-17(13(12)19(26)27)8-3-2-4-9(23)5-8/h2-7H,1H3,(H,24,25)(H,26,27). The molecule has 3 rings (SSSR count). The van der Waals surface area contributed by atoms with Gasteiger partial charge in [0.15, 0.2) is 0 Å². The zero-order valence-electron chi connectivity index (χ0n) is 14.6. The number of rotatable bonds is 5. The molecule has 0 atom stereocenters. The molecule has 1 heterocycles. The summed E-state index contributed by atoms with van der Waals surface area (Å²) in [5.41, 5.74) is 1.15. The first-order valence-electron chi connectivity index (χ1n) is 7.88. The number of aromatic carboxylic acids is 1. The van der Waals surface area contributed by atoms with Crippen LogP contribution in [-0.4, -0.2) is 24.1 Å². The summed E-state index contributed by atoms with van der Waals surface area (Å²) in [5, 5.41) is 14.5. The molecule has 0 aliphatic rings. The third kappa shape index (κ3) is 4.54. The summed E-state index contributed by atoms with van der Waals surface area (Å²) in [6, 6.07) is 8.50. The van der Waals surface area contributed by atoms with Gasteiger partial charge in [-0.05, 0) is 71.6 Å². The second-order valence-electron chi connectivity index (χ2n) is 5.69. The number of amides is 1. The van der Waals surface area contributed by atoms with Crippen LogP contribution in [0.3, 0.4) is 0 Å². The van der Waals surface area contributed by atoms with Gasteiger partial charge in [0, 0.05) is 14.9 Å². The Morgan fingerprint density at radius 2 is 1.90 bits per heavy atom. The third-order valence-electron chi connectivity index (χ3n) is 3.90. The van der Waals surface area contributed by atoms with Gasteiger partial charge in [0.1, 0.15) is 11.3 Å². The maximum atomic E-state index is 12.9. The number of carboxylic acid groups (broad SMARTS) is 1. The maximum Gasteiger partial charge on any atom is 0.339 e. The Bertz CT molecular complexity index is 1130. The topological polar surface area (TPSA) is 75.6 Å². The minimum absolute atomic E-state index is 0.00452. The first-order chi connectivity index (χ1) is 13.7. The molecular weight excluding hydrogens is 613 g/mol. The van der Waals surface area contributed by atoms with E-state index in [9.17, 15) is 14.7 Å². The number of halogens is 4. The van der Waals surface area contributed by atoms with Crippen molar-refractivity contribution in [2.45, 2.75) is 0 Å². The molecule has 0 fully saturated rings. The summed E-state index contributed by atoms with van der Waals surface area (Å²) >= 11 is 17.4. The van der Waals surface area contributed by atoms with Crippen LogP contribution in [0.2, 0.25) is 5.02 Å². The van der Waals surface area contributed by atoms with Gasteiger partial charge >= 0.3 is 5.97 Å². The number of hydrogen-bond donors (Lipinski definition) is 2. The molecule has 1 aromatic heterocycles. The zero-order valence-corrected chi connectivity index (χ0v) is 20.9. The maximum absolute atomic E-state index is 12.9. The van der Waals surface area contributed by atoms with Gasteiger partial charge in [-0.2, -0.15) is 0 Å². The lowest BCUT2D eigenvalue weighted by Crippen LogP contribution is -2.15. The Hall–Kier alpha value is -1.39. The Balaban J connectivity index is 2.03. The lowest BCUT2D eigenvalue weighted by molar-refractivity contribution is 0.0699. The SMILES string of the molecule is COc1c(Br)c(Br)cc(C(=O)Nc2csc(-c3cccc(Cl)c3)c2C(=O)O)c1Br. The Morgan fingerprint density at radius 1 is 1.17 bits per heavy atom. The number of anilines is 1. The number of thiophene rings is 1. The van der Waals surface area contributed by atoms with Gasteiger partial charge in [0.05, 0.1) is 32.2 Å². The summed E-state index contributed by atoms with van der Waals surface area (Å²) in [7, 11) is 1.48. The van der Waals surface area contributed by atoms with Gasteiger partial charge in [0.2, 0.25) is 0 Å². The van der Waals surface area contributed by atoms with E-state index >= 15 is 0 Å². The number of ether oxygens (including phenoxy) is 1. The van der Waals surface area contributed by atoms with Crippen LogP contribution in [0.4, 0.5) is 5.69 Å². The van der Waals surface area contributed by atoms with Gasteiger partial charge in [-0.1, -0.05) is 23.7 Å². The molecule has 0 saturated carbocycles. The number of carboxylic acids is 1. The van der Waals surface area contributed by atoms with Gasteiger partial charge in [0.25, 0.3) is 5.91 Å². The van der Waals surface area contributed by atoms with Crippen molar-refractivity contribution in [1.82, 2.24) is 0 Å². The molecular formula is C19H11Br3ClNO4S. The number of hydrogen-bond acceptors (Lipinski definition) is 4. The van der Waals surface area contributed by atoms with Crippen LogP contribution in [0.25, 0.3) is 10.4 Å². The van der Waals surface area contributed by atoms with Crippen LogP contribution >= 0.6 is 70.7 Å². The zero-order chi connectivity index (χ0) is 21.3. The molecule has 0 radical (unpaired) electrons. The average Bonchev–Trinajstić information content (AvgIpc) is 3.09. The van der Waals surface area contributed by atoms with Crippen molar-refractivity contribution < 1.29 is 19.4 Å². The summed E-state index contributed by atoms with van der Waals surface area (Å²) in [5.74, 6) is -1.20. The Kier molecular flexibility index (Phi) is 7.06. The van der Waals surface area contributed by atoms with Crippen LogP contribution in [0.15, 0.2) is 49.1 Å². The van der Waals surface area contributed by atoms with Gasteiger partial charge in [-0.25, -0.2) is 4.79 Å². The molecule has 1 amide bonds. The minimum atomic E-state index is -1.15. The summed E-state index contributed by atoms with van der Waals surface area (Å²) in [4.78, 5) is 25.3. The van der Waals surface area contributed by atoms with Crippen LogP contribution in [0.5, 0.6) is 5.75 Å². The van der Waals surface area contributed by atoms with Gasteiger partial charge < -0.3 is 15.2 Å². The molecule has 0 aliphatic carbocycles. The predicted octanol–water partition coefficient (Wildman–Crippen LogP) is 7.32. The molecule has 150 valence electrons. The number of benzene rings is 2. The van der Waals surface area contributed by atoms with Crippen LogP contribution < -0.4 is 10.1 Å². The molecule has 0 spiro atoms. The third-order valence-corrected chi connectivity index (χ3v) is 7.90. The smallest absolute Gasteiger partial charge is 0.339 e. The van der Waals surface area contributed by atoms with Crippen LogP contribution in [0, 0.1) is 0 Å². The van der Waals surface area contributed by atoms with E-state index in [1.165, 1.54) is 18.4 Å². The fourth-order valence-electron chi connectivity index (χ4n) is 2.62. The van der Waals surface area contributed by atoms with Gasteiger partial charge in [-0.15, -0.1) is 11.3 Å². The molecule has 0 saturated heterocycles. The molecule has 5 nitrogen and oxygen atoms in total. The van der Waals surface area contributed by atoms with E-state index in [0.29, 0.717) is 34.6 Å². The highest BCUT2D eigenvalue weighted by molar-refractivity contribution is 9.13. The van der Waals surface area contributed by atoms with Crippen molar-refractivity contribution in [2.75, 3.05) is 12.4 Å². The number of carbonyl (C=O) groups excluding carboxylic acids is 1. The van der Waals surface area contributed by atoms with Crippen molar-refractivity contribution in [3.63, 3.8) is 0 Å². The fraction of sp³-hybridized carbons (Fsp3) is 0.0526. The molecule has 3 aromatic rings. The van der Waals surface area contributed by atoms with Crippen molar-refractivity contribution in [1.29, 1.82) is 0 Å². The summed E-state index contributed by atoms with van der Waals surface area (Å²) < 4.78 is 7.03. The second-order valence-corrected chi connectivity index (χ2v) is 9.45. The highest BCUT2D eigenvalue weighted by atomic mass is 79.9. The minimum Gasteiger partial charge on any atom is -0.494 e. The molecule has 29 heavy (non-hydrogen) atoms. The summed E-state index contributed by atoms with van der Waals surface area (Å²) in [6.07, 6.45) is 0. The summed E-state index contributed by atoms with van der Waals surface area (Å²) in [6.45, 7) is 0. The molecule has 0 bridgehead atoms. The molecule has 0 unspecified atom stereocenters. The number of methoxy groups -OCH3 is 1. The van der Waals surface area contributed by atoms with E-state index in [1.807, 2.05) is 0 Å². The molecule has 2 aromatic carbocycles. The van der Waals surface area contributed by atoms with Crippen LogP contribution in [0.1, 0.15) is 20.7 Å². The molecule has 10 heteroatoms. The van der Waals surface area contributed by atoms with Crippen molar-refractivity contribution in [3.8, 4) is 16.2 Å². The quantitative estimate of drug-likeness (QED) is 0.292. The van der Waals surface area contributed by atoms with E-state index in [-0.39, 0.29) is 16.8 Å². The van der Waals surface area contributed by atoms with E-state index in [2.05, 4.69) is 53.1 Å². The largest absolute Gasteiger partial charge is 0.494 e. The number of carbonyl (C=O) groups is 2. The molecule has 0 aliphatic heterocycles. The Labute approximate surface area is 200 Å². The van der Waals surface area contributed by atoms with E-state index in [0.717, 1.165) is 0 Å². The first-order valence-corrected chi connectivity index (χ1v) is 11.5. The lowest BCUT2D eigenvalue weighted by atomic mass is 10.1. The average molecular weight is 625 g/mol. The Morgan fingerprint density at radius 3 is 2.52 bits per heavy atom. The highest BCUT2D eigenvalue weighted by Gasteiger charge is 2.24. The number of nitrogens with one attached hydrogen (secondary N) is 1.